The fourth-order valence-electron chi connectivity index (χ4n) is 2.85. The van der Waals surface area contributed by atoms with Crippen LogP contribution in [0.3, 0.4) is 0 Å². The number of rotatable bonds is 5. The normalized spacial score (nSPS) is 15.1. The van der Waals surface area contributed by atoms with Crippen molar-refractivity contribution in [2.24, 2.45) is 0 Å². The number of aromatic nitrogens is 2. The predicted molar refractivity (Wildman–Crippen MR) is 96.0 cm³/mol. The molecule has 2 heterocycles. The molecular formula is C17H17Cl2N3O4. The van der Waals surface area contributed by atoms with Crippen LogP contribution in [0.2, 0.25) is 10.0 Å². The Bertz CT molecular complexity index is 816. The molecule has 0 atom stereocenters. The summed E-state index contributed by atoms with van der Waals surface area (Å²) in [5, 5.41) is 13.9. The minimum atomic E-state index is -0.999. The SMILES string of the molecule is O=C(O)c1cnn(C2CCN(C(=O)COc3cc(Cl)ccc3Cl)CC2)c1. The third-order valence-electron chi connectivity index (χ3n) is 4.28. The molecule has 1 saturated heterocycles. The quantitative estimate of drug-likeness (QED) is 0.837. The highest BCUT2D eigenvalue weighted by Crippen LogP contribution is 2.28. The molecule has 1 aliphatic heterocycles. The Balaban J connectivity index is 1.51. The van der Waals surface area contributed by atoms with Crippen LogP contribution in [-0.4, -0.2) is 51.4 Å². The van der Waals surface area contributed by atoms with Crippen molar-refractivity contribution in [2.75, 3.05) is 19.7 Å². The molecule has 1 aromatic carbocycles. The number of carbonyl (C=O) groups is 2. The van der Waals surface area contributed by atoms with Crippen LogP contribution in [0.15, 0.2) is 30.6 Å². The number of amides is 1. The smallest absolute Gasteiger partial charge is 0.338 e. The Morgan fingerprint density at radius 1 is 1.27 bits per heavy atom. The summed E-state index contributed by atoms with van der Waals surface area (Å²) in [5.41, 5.74) is 0.162. The van der Waals surface area contributed by atoms with Crippen LogP contribution in [0.25, 0.3) is 0 Å². The van der Waals surface area contributed by atoms with E-state index >= 15 is 0 Å². The molecule has 138 valence electrons. The molecule has 0 saturated carbocycles. The molecular weight excluding hydrogens is 381 g/mol. The standard InChI is InChI=1S/C17H17Cl2N3O4/c18-12-1-2-14(19)15(7-12)26-10-16(23)21-5-3-13(4-6-21)22-9-11(8-20-22)17(24)25/h1-2,7-9,13H,3-6,10H2,(H,24,25). The molecule has 0 unspecified atom stereocenters. The van der Waals surface area contributed by atoms with Gasteiger partial charge in [0.15, 0.2) is 6.61 Å². The van der Waals surface area contributed by atoms with Crippen molar-refractivity contribution >= 4 is 35.1 Å². The van der Waals surface area contributed by atoms with Gasteiger partial charge in [-0.2, -0.15) is 5.10 Å². The minimum absolute atomic E-state index is 0.0791. The van der Waals surface area contributed by atoms with E-state index in [0.29, 0.717) is 41.7 Å². The number of nitrogens with zero attached hydrogens (tertiary/aromatic N) is 3. The van der Waals surface area contributed by atoms with Gasteiger partial charge in [-0.1, -0.05) is 23.2 Å². The van der Waals surface area contributed by atoms with E-state index in [2.05, 4.69) is 5.10 Å². The lowest BCUT2D eigenvalue weighted by Gasteiger charge is -2.32. The summed E-state index contributed by atoms with van der Waals surface area (Å²) in [6, 6.07) is 4.91. The summed E-state index contributed by atoms with van der Waals surface area (Å²) in [6.07, 6.45) is 4.26. The number of halogens is 2. The highest BCUT2D eigenvalue weighted by Gasteiger charge is 2.25. The number of hydrogen-bond donors (Lipinski definition) is 1. The molecule has 1 fully saturated rings. The van der Waals surface area contributed by atoms with Crippen molar-refractivity contribution in [3.05, 3.63) is 46.2 Å². The van der Waals surface area contributed by atoms with Gasteiger partial charge < -0.3 is 14.7 Å². The average Bonchev–Trinajstić information content (AvgIpc) is 3.13. The maximum Gasteiger partial charge on any atom is 0.338 e. The maximum atomic E-state index is 12.3. The van der Waals surface area contributed by atoms with Gasteiger partial charge in [0.2, 0.25) is 0 Å². The molecule has 3 rings (SSSR count). The van der Waals surface area contributed by atoms with E-state index in [1.807, 2.05) is 0 Å². The zero-order valence-corrected chi connectivity index (χ0v) is 15.3. The van der Waals surface area contributed by atoms with E-state index in [1.54, 1.807) is 27.8 Å². The molecule has 0 aliphatic carbocycles. The Morgan fingerprint density at radius 2 is 2.00 bits per heavy atom. The summed E-state index contributed by atoms with van der Waals surface area (Å²) in [5.74, 6) is -0.757. The van der Waals surface area contributed by atoms with Gasteiger partial charge in [0, 0.05) is 30.4 Å². The topological polar surface area (TPSA) is 84.7 Å². The Kier molecular flexibility index (Phi) is 5.68. The number of ether oxygens (including phenoxy) is 1. The number of carbonyl (C=O) groups excluding carboxylic acids is 1. The van der Waals surface area contributed by atoms with Crippen molar-refractivity contribution in [3.63, 3.8) is 0 Å². The fraction of sp³-hybridized carbons (Fsp3) is 0.353. The van der Waals surface area contributed by atoms with Gasteiger partial charge in [0.05, 0.1) is 22.8 Å². The Morgan fingerprint density at radius 3 is 2.65 bits per heavy atom. The number of likely N-dealkylation sites (tertiary alicyclic amines) is 1. The lowest BCUT2D eigenvalue weighted by atomic mass is 10.1. The first-order valence-corrected chi connectivity index (χ1v) is 8.82. The minimum Gasteiger partial charge on any atom is -0.482 e. The lowest BCUT2D eigenvalue weighted by Crippen LogP contribution is -2.41. The van der Waals surface area contributed by atoms with Crippen molar-refractivity contribution in [1.29, 1.82) is 0 Å². The van der Waals surface area contributed by atoms with Crippen LogP contribution in [0.5, 0.6) is 5.75 Å². The number of carboxylic acids is 1. The second-order valence-electron chi connectivity index (χ2n) is 5.99. The second-order valence-corrected chi connectivity index (χ2v) is 6.83. The van der Waals surface area contributed by atoms with E-state index in [9.17, 15) is 9.59 Å². The van der Waals surface area contributed by atoms with Gasteiger partial charge in [0.25, 0.3) is 5.91 Å². The van der Waals surface area contributed by atoms with Gasteiger partial charge in [-0.05, 0) is 25.0 Å². The summed E-state index contributed by atoms with van der Waals surface area (Å²) < 4.78 is 7.14. The second kappa shape index (κ2) is 7.97. The zero-order chi connectivity index (χ0) is 18.7. The van der Waals surface area contributed by atoms with Crippen molar-refractivity contribution in [2.45, 2.75) is 18.9 Å². The number of carboxylic acid groups (broad SMARTS) is 1. The number of aromatic carboxylic acids is 1. The van der Waals surface area contributed by atoms with Crippen molar-refractivity contribution < 1.29 is 19.4 Å². The average molecular weight is 398 g/mol. The summed E-state index contributed by atoms with van der Waals surface area (Å²) in [7, 11) is 0. The molecule has 1 amide bonds. The van der Waals surface area contributed by atoms with E-state index in [-0.39, 0.29) is 24.1 Å². The van der Waals surface area contributed by atoms with Gasteiger partial charge in [-0.25, -0.2) is 4.79 Å². The van der Waals surface area contributed by atoms with E-state index in [4.69, 9.17) is 33.0 Å². The monoisotopic (exact) mass is 397 g/mol. The molecule has 1 N–H and O–H groups in total. The van der Waals surface area contributed by atoms with Crippen LogP contribution in [0.4, 0.5) is 0 Å². The van der Waals surface area contributed by atoms with Crippen LogP contribution < -0.4 is 4.74 Å². The highest BCUT2D eigenvalue weighted by atomic mass is 35.5. The first kappa shape index (κ1) is 18.5. The van der Waals surface area contributed by atoms with Gasteiger partial charge >= 0.3 is 5.97 Å². The van der Waals surface area contributed by atoms with Crippen molar-refractivity contribution in [1.82, 2.24) is 14.7 Å². The molecule has 7 nitrogen and oxygen atoms in total. The third-order valence-corrected chi connectivity index (χ3v) is 4.83. The first-order chi connectivity index (χ1) is 12.4. The summed E-state index contributed by atoms with van der Waals surface area (Å²) >= 11 is 11.9. The molecule has 1 aromatic heterocycles. The van der Waals surface area contributed by atoms with E-state index in [0.717, 1.165) is 0 Å². The molecule has 1 aliphatic rings. The predicted octanol–water partition coefficient (Wildman–Crippen LogP) is 3.13. The van der Waals surface area contributed by atoms with Gasteiger partial charge in [0.1, 0.15) is 5.75 Å². The van der Waals surface area contributed by atoms with Gasteiger partial charge in [-0.15, -0.1) is 0 Å². The first-order valence-electron chi connectivity index (χ1n) is 8.07. The summed E-state index contributed by atoms with van der Waals surface area (Å²) in [6.45, 7) is 0.993. The highest BCUT2D eigenvalue weighted by molar-refractivity contribution is 6.34. The van der Waals surface area contributed by atoms with Crippen LogP contribution in [0.1, 0.15) is 29.2 Å². The third kappa shape index (κ3) is 4.28. The molecule has 26 heavy (non-hydrogen) atoms. The van der Waals surface area contributed by atoms with Crippen LogP contribution in [-0.2, 0) is 4.79 Å². The number of hydrogen-bond acceptors (Lipinski definition) is 4. The zero-order valence-electron chi connectivity index (χ0n) is 13.8. The molecule has 9 heteroatoms. The van der Waals surface area contributed by atoms with Crippen molar-refractivity contribution in [3.8, 4) is 5.75 Å². The number of piperidine rings is 1. The van der Waals surface area contributed by atoms with E-state index in [1.165, 1.54) is 12.4 Å². The fourth-order valence-corrected chi connectivity index (χ4v) is 3.18. The molecule has 0 bridgehead atoms. The molecule has 0 spiro atoms. The largest absolute Gasteiger partial charge is 0.482 e. The summed E-state index contributed by atoms with van der Waals surface area (Å²) in [4.78, 5) is 25.0. The molecule has 2 aromatic rings. The molecule has 0 radical (unpaired) electrons. The maximum absolute atomic E-state index is 12.3. The Hall–Kier alpha value is -2.25. The van der Waals surface area contributed by atoms with Gasteiger partial charge in [-0.3, -0.25) is 9.48 Å². The van der Waals surface area contributed by atoms with E-state index < -0.39 is 5.97 Å². The number of benzene rings is 1. The Labute approximate surface area is 160 Å². The van der Waals surface area contributed by atoms with Crippen LogP contribution in [0, 0.1) is 0 Å². The van der Waals surface area contributed by atoms with Crippen LogP contribution >= 0.6 is 23.2 Å². The lowest BCUT2D eigenvalue weighted by molar-refractivity contribution is -0.134.